The molecule has 0 spiro atoms. The molecule has 94 valence electrons. The van der Waals surface area contributed by atoms with Crippen LogP contribution >= 0.6 is 0 Å². The number of piperidine rings is 1. The lowest BCUT2D eigenvalue weighted by Crippen LogP contribution is -2.29. The number of anilines is 2. The Kier molecular flexibility index (Phi) is 3.54. The topological polar surface area (TPSA) is 75.4 Å². The summed E-state index contributed by atoms with van der Waals surface area (Å²) in [5.74, 6) is 0. The average Bonchev–Trinajstić information content (AvgIpc) is 2.29. The Morgan fingerprint density at radius 3 is 2.18 bits per heavy atom. The number of hydrogen-bond acceptors (Lipinski definition) is 3. The van der Waals surface area contributed by atoms with Crippen molar-refractivity contribution in [2.24, 2.45) is 5.14 Å². The number of hydrogen-bond donors (Lipinski definition) is 2. The van der Waals surface area contributed by atoms with Gasteiger partial charge < -0.3 is 4.90 Å². The second-order valence-electron chi connectivity index (χ2n) is 4.24. The SMILES string of the molecule is NS(=O)(=O)Nc1ccc(N2CCCCC2)cc1. The van der Waals surface area contributed by atoms with E-state index in [-0.39, 0.29) is 0 Å². The first-order valence-electron chi connectivity index (χ1n) is 5.70. The number of nitrogens with two attached hydrogens (primary N) is 1. The molecule has 0 radical (unpaired) electrons. The minimum atomic E-state index is -3.68. The molecule has 1 fully saturated rings. The van der Waals surface area contributed by atoms with Crippen LogP contribution in [0.1, 0.15) is 19.3 Å². The first-order valence-corrected chi connectivity index (χ1v) is 7.25. The molecule has 5 nitrogen and oxygen atoms in total. The fourth-order valence-corrected chi connectivity index (χ4v) is 2.52. The highest BCUT2D eigenvalue weighted by atomic mass is 32.2. The molecule has 2 rings (SSSR count). The van der Waals surface area contributed by atoms with Crippen molar-refractivity contribution in [1.29, 1.82) is 0 Å². The van der Waals surface area contributed by atoms with Crippen molar-refractivity contribution in [2.45, 2.75) is 19.3 Å². The van der Waals surface area contributed by atoms with Gasteiger partial charge in [-0.15, -0.1) is 0 Å². The van der Waals surface area contributed by atoms with E-state index in [1.54, 1.807) is 12.1 Å². The number of benzene rings is 1. The second-order valence-corrected chi connectivity index (χ2v) is 5.54. The van der Waals surface area contributed by atoms with Gasteiger partial charge in [0, 0.05) is 24.5 Å². The van der Waals surface area contributed by atoms with E-state index in [9.17, 15) is 8.42 Å². The van der Waals surface area contributed by atoms with E-state index in [1.165, 1.54) is 19.3 Å². The van der Waals surface area contributed by atoms with Gasteiger partial charge in [0.2, 0.25) is 0 Å². The van der Waals surface area contributed by atoms with Gasteiger partial charge in [0.25, 0.3) is 10.2 Å². The maximum atomic E-state index is 10.8. The maximum absolute atomic E-state index is 10.8. The molecule has 1 aromatic carbocycles. The second kappa shape index (κ2) is 4.93. The van der Waals surface area contributed by atoms with Crippen LogP contribution in [0.2, 0.25) is 0 Å². The lowest BCUT2D eigenvalue weighted by Gasteiger charge is -2.28. The molecule has 17 heavy (non-hydrogen) atoms. The molecule has 0 amide bonds. The molecule has 0 unspecified atom stereocenters. The lowest BCUT2D eigenvalue weighted by molar-refractivity contribution is 0.578. The van der Waals surface area contributed by atoms with Crippen molar-refractivity contribution >= 4 is 21.6 Å². The number of rotatable bonds is 3. The molecule has 0 bridgehead atoms. The van der Waals surface area contributed by atoms with E-state index in [1.807, 2.05) is 12.1 Å². The van der Waals surface area contributed by atoms with E-state index in [0.717, 1.165) is 18.8 Å². The molecular formula is C11H17N3O2S. The Morgan fingerprint density at radius 1 is 1.06 bits per heavy atom. The fraction of sp³-hybridized carbons (Fsp3) is 0.455. The fourth-order valence-electron chi connectivity index (χ4n) is 2.06. The van der Waals surface area contributed by atoms with Crippen LogP contribution in [0.25, 0.3) is 0 Å². The Balaban J connectivity index is 2.07. The van der Waals surface area contributed by atoms with Crippen LogP contribution in [-0.4, -0.2) is 21.5 Å². The largest absolute Gasteiger partial charge is 0.372 e. The van der Waals surface area contributed by atoms with Crippen LogP contribution < -0.4 is 14.8 Å². The molecule has 1 heterocycles. The maximum Gasteiger partial charge on any atom is 0.296 e. The Morgan fingerprint density at radius 2 is 1.65 bits per heavy atom. The Hall–Kier alpha value is -1.27. The van der Waals surface area contributed by atoms with E-state index in [0.29, 0.717) is 5.69 Å². The van der Waals surface area contributed by atoms with Gasteiger partial charge in [-0.2, -0.15) is 8.42 Å². The van der Waals surface area contributed by atoms with Crippen LogP contribution in [0.15, 0.2) is 24.3 Å². The molecule has 0 atom stereocenters. The molecule has 3 N–H and O–H groups in total. The molecule has 0 aromatic heterocycles. The Labute approximate surface area is 102 Å². The normalized spacial score (nSPS) is 16.9. The third-order valence-electron chi connectivity index (χ3n) is 2.85. The van der Waals surface area contributed by atoms with Gasteiger partial charge in [-0.05, 0) is 43.5 Å². The number of nitrogens with one attached hydrogen (secondary N) is 1. The molecule has 0 aliphatic carbocycles. The molecule has 1 aliphatic rings. The highest BCUT2D eigenvalue weighted by molar-refractivity contribution is 7.90. The van der Waals surface area contributed by atoms with Gasteiger partial charge in [0.1, 0.15) is 0 Å². The van der Waals surface area contributed by atoms with Crippen LogP contribution in [0, 0.1) is 0 Å². The zero-order valence-electron chi connectivity index (χ0n) is 9.59. The summed E-state index contributed by atoms with van der Waals surface area (Å²) in [4.78, 5) is 2.31. The summed E-state index contributed by atoms with van der Waals surface area (Å²) < 4.78 is 23.9. The van der Waals surface area contributed by atoms with Crippen LogP contribution in [0.3, 0.4) is 0 Å². The van der Waals surface area contributed by atoms with E-state index in [4.69, 9.17) is 5.14 Å². The lowest BCUT2D eigenvalue weighted by atomic mass is 10.1. The predicted molar refractivity (Wildman–Crippen MR) is 69.2 cm³/mol. The first kappa shape index (κ1) is 12.2. The summed E-state index contributed by atoms with van der Waals surface area (Å²) in [7, 11) is -3.68. The molecule has 1 saturated heterocycles. The first-order chi connectivity index (χ1) is 8.04. The van der Waals surface area contributed by atoms with Crippen LogP contribution in [0.5, 0.6) is 0 Å². The summed E-state index contributed by atoms with van der Waals surface area (Å²) in [6, 6.07) is 7.29. The van der Waals surface area contributed by atoms with Crippen molar-refractivity contribution in [3.63, 3.8) is 0 Å². The zero-order valence-corrected chi connectivity index (χ0v) is 10.4. The zero-order chi connectivity index (χ0) is 12.3. The van der Waals surface area contributed by atoms with E-state index >= 15 is 0 Å². The summed E-state index contributed by atoms with van der Waals surface area (Å²) in [6.07, 6.45) is 3.73. The summed E-state index contributed by atoms with van der Waals surface area (Å²) in [5.41, 5.74) is 1.62. The average molecular weight is 255 g/mol. The van der Waals surface area contributed by atoms with Crippen molar-refractivity contribution in [1.82, 2.24) is 0 Å². The third kappa shape index (κ3) is 3.61. The summed E-state index contributed by atoms with van der Waals surface area (Å²) in [6.45, 7) is 2.14. The minimum Gasteiger partial charge on any atom is -0.372 e. The molecule has 0 saturated carbocycles. The van der Waals surface area contributed by atoms with Crippen LogP contribution in [0.4, 0.5) is 11.4 Å². The standard InChI is InChI=1S/C11H17N3O2S/c12-17(15,16)13-10-4-6-11(7-5-10)14-8-2-1-3-9-14/h4-7,13H,1-3,8-9H2,(H2,12,15,16). The summed E-state index contributed by atoms with van der Waals surface area (Å²) >= 11 is 0. The minimum absolute atomic E-state index is 0.494. The van der Waals surface area contributed by atoms with Gasteiger partial charge >= 0.3 is 0 Å². The van der Waals surface area contributed by atoms with Gasteiger partial charge in [-0.1, -0.05) is 0 Å². The predicted octanol–water partition coefficient (Wildman–Crippen LogP) is 1.29. The molecule has 1 aliphatic heterocycles. The molecule has 1 aromatic rings. The quantitative estimate of drug-likeness (QED) is 0.854. The van der Waals surface area contributed by atoms with Crippen molar-refractivity contribution < 1.29 is 8.42 Å². The van der Waals surface area contributed by atoms with Crippen LogP contribution in [-0.2, 0) is 10.2 Å². The van der Waals surface area contributed by atoms with E-state index in [2.05, 4.69) is 9.62 Å². The monoisotopic (exact) mass is 255 g/mol. The Bertz CT molecular complexity index is 464. The smallest absolute Gasteiger partial charge is 0.296 e. The van der Waals surface area contributed by atoms with Gasteiger partial charge in [-0.25, -0.2) is 5.14 Å². The van der Waals surface area contributed by atoms with Gasteiger partial charge in [0.05, 0.1) is 0 Å². The molecular weight excluding hydrogens is 238 g/mol. The summed E-state index contributed by atoms with van der Waals surface area (Å²) in [5, 5.41) is 4.90. The third-order valence-corrected chi connectivity index (χ3v) is 3.37. The number of nitrogens with zero attached hydrogens (tertiary/aromatic N) is 1. The van der Waals surface area contributed by atoms with E-state index < -0.39 is 10.2 Å². The van der Waals surface area contributed by atoms with Crippen molar-refractivity contribution in [3.8, 4) is 0 Å². The van der Waals surface area contributed by atoms with Crippen molar-refractivity contribution in [3.05, 3.63) is 24.3 Å². The molecule has 6 heteroatoms. The van der Waals surface area contributed by atoms with Crippen molar-refractivity contribution in [2.75, 3.05) is 22.7 Å². The van der Waals surface area contributed by atoms with Gasteiger partial charge in [-0.3, -0.25) is 4.72 Å². The highest BCUT2D eigenvalue weighted by Gasteiger charge is 2.10. The highest BCUT2D eigenvalue weighted by Crippen LogP contribution is 2.21. The van der Waals surface area contributed by atoms with Gasteiger partial charge in [0.15, 0.2) is 0 Å².